The largest absolute Gasteiger partial charge is 0.472 e. The Morgan fingerprint density at radius 3 is 0.764 bits per heavy atom. The Hall–Kier alpha value is -1.94. The molecule has 89 heavy (non-hydrogen) atoms. The fraction of sp³-hybridized carbons (Fsp3) is 0.943. The van der Waals surface area contributed by atoms with Gasteiger partial charge in [-0.1, -0.05) is 311 Å². The minimum absolute atomic E-state index is 0.105. The normalized spacial score (nSPS) is 14.1. The van der Waals surface area contributed by atoms with E-state index in [1.165, 1.54) is 173 Å². The van der Waals surface area contributed by atoms with E-state index in [1.807, 2.05) is 0 Å². The van der Waals surface area contributed by atoms with E-state index in [4.69, 9.17) is 37.0 Å². The Kier molecular flexibility index (Phi) is 62.1. The Morgan fingerprint density at radius 2 is 0.517 bits per heavy atom. The average Bonchev–Trinajstić information content (AvgIpc) is 3.57. The maximum Gasteiger partial charge on any atom is 0.472 e. The predicted octanol–water partition coefficient (Wildman–Crippen LogP) is 20.1. The van der Waals surface area contributed by atoms with Gasteiger partial charge < -0.3 is 33.8 Å². The molecule has 19 heteroatoms. The highest BCUT2D eigenvalue weighted by atomic mass is 31.2. The van der Waals surface area contributed by atoms with Crippen molar-refractivity contribution in [3.8, 4) is 0 Å². The van der Waals surface area contributed by atoms with Gasteiger partial charge in [0.05, 0.1) is 26.4 Å². The summed E-state index contributed by atoms with van der Waals surface area (Å²) in [5.74, 6) is -1.37. The average molecular weight is 1310 g/mol. The van der Waals surface area contributed by atoms with Crippen LogP contribution in [0.25, 0.3) is 0 Å². The molecule has 0 aromatic heterocycles. The maximum atomic E-state index is 13.0. The van der Waals surface area contributed by atoms with E-state index >= 15 is 0 Å². The number of hydrogen-bond acceptors (Lipinski definition) is 15. The van der Waals surface area contributed by atoms with E-state index in [1.54, 1.807) is 0 Å². The molecule has 0 bridgehead atoms. The molecule has 2 unspecified atom stereocenters. The maximum absolute atomic E-state index is 13.0. The van der Waals surface area contributed by atoms with Gasteiger partial charge in [-0.15, -0.1) is 0 Å². The van der Waals surface area contributed by atoms with Crippen LogP contribution in [0.3, 0.4) is 0 Å². The number of esters is 4. The van der Waals surface area contributed by atoms with Gasteiger partial charge in [-0.2, -0.15) is 0 Å². The lowest BCUT2D eigenvalue weighted by molar-refractivity contribution is -0.161. The number of aliphatic hydroxyl groups is 1. The van der Waals surface area contributed by atoms with Crippen LogP contribution in [0, 0.1) is 5.92 Å². The summed E-state index contributed by atoms with van der Waals surface area (Å²) in [7, 11) is -9.89. The van der Waals surface area contributed by atoms with Crippen molar-refractivity contribution in [2.45, 2.75) is 380 Å². The third-order valence-corrected chi connectivity index (χ3v) is 18.2. The summed E-state index contributed by atoms with van der Waals surface area (Å²) in [6.45, 7) is 7.18. The first-order chi connectivity index (χ1) is 43.0. The lowest BCUT2D eigenvalue weighted by Gasteiger charge is -2.21. The van der Waals surface area contributed by atoms with Crippen molar-refractivity contribution in [2.24, 2.45) is 5.92 Å². The minimum atomic E-state index is -4.95. The van der Waals surface area contributed by atoms with E-state index in [2.05, 4.69) is 34.6 Å². The number of phosphoric ester groups is 2. The molecule has 0 fully saturated rings. The molecule has 0 heterocycles. The van der Waals surface area contributed by atoms with Crippen LogP contribution in [0.15, 0.2) is 0 Å². The van der Waals surface area contributed by atoms with Gasteiger partial charge in [-0.05, 0) is 31.6 Å². The zero-order chi connectivity index (χ0) is 65.6. The smallest absolute Gasteiger partial charge is 0.462 e. The Labute approximate surface area is 543 Å². The first kappa shape index (κ1) is 87.1. The number of hydrogen-bond donors (Lipinski definition) is 3. The van der Waals surface area contributed by atoms with E-state index in [9.17, 15) is 43.2 Å². The summed E-state index contributed by atoms with van der Waals surface area (Å²) < 4.78 is 68.1. The molecule has 0 radical (unpaired) electrons. The topological polar surface area (TPSA) is 237 Å². The van der Waals surface area contributed by atoms with Crippen molar-refractivity contribution in [3.63, 3.8) is 0 Å². The number of carbonyl (C=O) groups excluding carboxylic acids is 4. The second-order valence-electron chi connectivity index (χ2n) is 25.7. The van der Waals surface area contributed by atoms with Crippen molar-refractivity contribution in [1.82, 2.24) is 0 Å². The number of carbonyl (C=O) groups is 4. The van der Waals surface area contributed by atoms with Crippen LogP contribution in [0.2, 0.25) is 0 Å². The molecular weight excluding hydrogens is 1170 g/mol. The Balaban J connectivity index is 5.15. The quantitative estimate of drug-likeness (QED) is 0.0222. The summed E-state index contributed by atoms with van der Waals surface area (Å²) in [4.78, 5) is 72.3. The molecule has 0 aliphatic heterocycles. The molecule has 0 rings (SSSR count). The number of rotatable bonds is 70. The first-order valence-corrected chi connectivity index (χ1v) is 39.6. The van der Waals surface area contributed by atoms with Gasteiger partial charge in [0.1, 0.15) is 19.3 Å². The van der Waals surface area contributed by atoms with Crippen LogP contribution in [0.5, 0.6) is 0 Å². The monoisotopic (exact) mass is 1310 g/mol. The van der Waals surface area contributed by atoms with Crippen molar-refractivity contribution in [1.29, 1.82) is 0 Å². The summed E-state index contributed by atoms with van der Waals surface area (Å²) in [6.07, 6.45) is 50.2. The summed E-state index contributed by atoms with van der Waals surface area (Å²) in [6, 6.07) is 0. The highest BCUT2D eigenvalue weighted by Crippen LogP contribution is 2.45. The summed E-state index contributed by atoms with van der Waals surface area (Å²) in [5, 5.41) is 10.6. The van der Waals surface area contributed by atoms with E-state index < -0.39 is 97.5 Å². The van der Waals surface area contributed by atoms with Crippen molar-refractivity contribution in [3.05, 3.63) is 0 Å². The number of unbranched alkanes of at least 4 members (excludes halogenated alkanes) is 42. The lowest BCUT2D eigenvalue weighted by Crippen LogP contribution is -2.30. The molecule has 0 aromatic rings. The van der Waals surface area contributed by atoms with Gasteiger partial charge in [0.2, 0.25) is 0 Å². The van der Waals surface area contributed by atoms with Crippen molar-refractivity contribution >= 4 is 39.5 Å². The van der Waals surface area contributed by atoms with Crippen LogP contribution in [0.4, 0.5) is 0 Å². The van der Waals surface area contributed by atoms with Crippen LogP contribution in [-0.2, 0) is 65.4 Å². The second kappa shape index (κ2) is 63.5. The summed E-state index contributed by atoms with van der Waals surface area (Å²) >= 11 is 0. The molecule has 0 aliphatic rings. The minimum Gasteiger partial charge on any atom is -0.462 e. The molecule has 3 N–H and O–H groups in total. The van der Waals surface area contributed by atoms with Crippen LogP contribution in [0.1, 0.15) is 362 Å². The molecular formula is C70H136O17P2. The Morgan fingerprint density at radius 1 is 0.303 bits per heavy atom. The van der Waals surface area contributed by atoms with Gasteiger partial charge in [0, 0.05) is 25.7 Å². The van der Waals surface area contributed by atoms with Crippen LogP contribution >= 0.6 is 15.6 Å². The highest BCUT2D eigenvalue weighted by molar-refractivity contribution is 7.47. The van der Waals surface area contributed by atoms with Gasteiger partial charge in [-0.25, -0.2) is 9.13 Å². The zero-order valence-electron chi connectivity index (χ0n) is 57.6. The van der Waals surface area contributed by atoms with Crippen molar-refractivity contribution < 1.29 is 80.2 Å². The third-order valence-electron chi connectivity index (χ3n) is 16.3. The second-order valence-corrected chi connectivity index (χ2v) is 28.7. The van der Waals surface area contributed by atoms with Gasteiger partial charge in [0.25, 0.3) is 0 Å². The SMILES string of the molecule is CCCCCCCCCCCCCCCCCCCCCCC(=O)O[C@H](COC(=O)CCCCCCCCCCCCC(C)C)COP(=O)(O)OC[C@@H](O)COP(=O)(O)OC[C@@H](COC(=O)CCCCCCCCCC)OC(=O)CCCCCCCCCC. The molecule has 528 valence electrons. The third kappa shape index (κ3) is 64.6. The predicted molar refractivity (Wildman–Crippen MR) is 358 cm³/mol. The van der Waals surface area contributed by atoms with Gasteiger partial charge >= 0.3 is 39.5 Å². The first-order valence-electron chi connectivity index (χ1n) is 36.6. The molecule has 0 saturated heterocycles. The fourth-order valence-corrected chi connectivity index (χ4v) is 12.2. The number of aliphatic hydroxyl groups excluding tert-OH is 1. The molecule has 0 amide bonds. The molecule has 5 atom stereocenters. The Bertz CT molecular complexity index is 1720. The molecule has 0 aromatic carbocycles. The standard InChI is InChI=1S/C70H136O17P2/c1-6-9-12-15-18-21-22-23-24-25-26-27-28-29-30-31-36-41-46-51-56-70(75)87-66(60-81-68(73)54-49-44-40-35-33-32-34-37-42-47-52-63(4)5)62-85-89(78,79)83-58-64(71)57-82-88(76,77)84-61-65(86-69(74)55-50-45-39-20-17-14-11-8-3)59-80-67(72)53-48-43-38-19-16-13-10-7-2/h63-66,71H,6-62H2,1-5H3,(H,76,77)(H,78,79)/t64-,65+,66+/m0/s1. The molecule has 0 aliphatic carbocycles. The number of phosphoric acid groups is 2. The summed E-state index contributed by atoms with van der Waals surface area (Å²) in [5.41, 5.74) is 0. The highest BCUT2D eigenvalue weighted by Gasteiger charge is 2.30. The van der Waals surface area contributed by atoms with Gasteiger partial charge in [0.15, 0.2) is 12.2 Å². The van der Waals surface area contributed by atoms with Crippen molar-refractivity contribution in [2.75, 3.05) is 39.6 Å². The fourth-order valence-electron chi connectivity index (χ4n) is 10.6. The van der Waals surface area contributed by atoms with E-state index in [-0.39, 0.29) is 25.7 Å². The molecule has 17 nitrogen and oxygen atoms in total. The van der Waals surface area contributed by atoms with E-state index in [0.717, 1.165) is 109 Å². The van der Waals surface area contributed by atoms with Crippen LogP contribution < -0.4 is 0 Å². The molecule has 0 spiro atoms. The molecule has 0 saturated carbocycles. The zero-order valence-corrected chi connectivity index (χ0v) is 59.4. The van der Waals surface area contributed by atoms with Gasteiger partial charge in [-0.3, -0.25) is 37.3 Å². The van der Waals surface area contributed by atoms with E-state index in [0.29, 0.717) is 25.7 Å². The lowest BCUT2D eigenvalue weighted by atomic mass is 10.0. The van der Waals surface area contributed by atoms with Crippen LogP contribution in [-0.4, -0.2) is 96.7 Å². The number of ether oxygens (including phenoxy) is 4.